The summed E-state index contributed by atoms with van der Waals surface area (Å²) in [5.74, 6) is 1.16. The average Bonchev–Trinajstić information content (AvgIpc) is 3.74. The second-order valence-corrected chi connectivity index (χ2v) is 8.86. The SMILES string of the molecule is C.C=C/C(=C\C(=C/C)c1nnc(-c2cccc(-c3ccccn3)n2)o1)c1nnc(-c2cccc(C3=NCCC=C3)n2)o1. The minimum atomic E-state index is 0. The molecule has 0 radical (unpaired) electrons. The normalized spacial score (nSPS) is 13.4. The molecule has 0 unspecified atom stereocenters. The van der Waals surface area contributed by atoms with E-state index in [0.29, 0.717) is 34.1 Å². The van der Waals surface area contributed by atoms with Crippen LogP contribution >= 0.6 is 0 Å². The third-order valence-corrected chi connectivity index (χ3v) is 6.17. The van der Waals surface area contributed by atoms with Crippen LogP contribution in [0.25, 0.3) is 45.7 Å². The number of pyridine rings is 3. The number of hydrogen-bond acceptors (Lipinski definition) is 10. The van der Waals surface area contributed by atoms with Crippen LogP contribution in [-0.2, 0) is 0 Å². The summed E-state index contributed by atoms with van der Waals surface area (Å²) in [5, 5.41) is 16.9. The van der Waals surface area contributed by atoms with Crippen LogP contribution in [0.3, 0.4) is 0 Å². The van der Waals surface area contributed by atoms with Crippen molar-refractivity contribution >= 4 is 16.9 Å². The van der Waals surface area contributed by atoms with E-state index in [9.17, 15) is 0 Å². The number of allylic oxidation sites excluding steroid dienone is 6. The van der Waals surface area contributed by atoms with Crippen molar-refractivity contribution < 1.29 is 8.83 Å². The molecular formula is C32H28N8O2. The van der Waals surface area contributed by atoms with Crippen molar-refractivity contribution in [1.82, 2.24) is 35.3 Å². The van der Waals surface area contributed by atoms with E-state index in [1.165, 1.54) is 0 Å². The fraction of sp³-hybridized carbons (Fsp3) is 0.125. The highest BCUT2D eigenvalue weighted by Crippen LogP contribution is 2.27. The number of nitrogens with zero attached hydrogens (tertiary/aromatic N) is 8. The van der Waals surface area contributed by atoms with Gasteiger partial charge in [-0.25, -0.2) is 9.97 Å². The van der Waals surface area contributed by atoms with Gasteiger partial charge in [-0.05, 0) is 61.9 Å². The summed E-state index contributed by atoms with van der Waals surface area (Å²) in [4.78, 5) is 18.2. The third kappa shape index (κ3) is 5.92. The Morgan fingerprint density at radius 1 is 0.762 bits per heavy atom. The number of rotatable bonds is 8. The summed E-state index contributed by atoms with van der Waals surface area (Å²) in [6.45, 7) is 6.54. The molecule has 0 bridgehead atoms. The highest BCUT2D eigenvalue weighted by molar-refractivity contribution is 6.07. The maximum Gasteiger partial charge on any atom is 0.266 e. The van der Waals surface area contributed by atoms with Crippen LogP contribution in [-0.4, -0.2) is 47.6 Å². The summed E-state index contributed by atoms with van der Waals surface area (Å²) in [6.07, 6.45) is 12.0. The van der Waals surface area contributed by atoms with E-state index >= 15 is 0 Å². The van der Waals surface area contributed by atoms with Gasteiger partial charge < -0.3 is 8.83 Å². The van der Waals surface area contributed by atoms with E-state index in [-0.39, 0.29) is 25.1 Å². The molecule has 208 valence electrons. The van der Waals surface area contributed by atoms with Crippen molar-refractivity contribution in [2.24, 2.45) is 4.99 Å². The second-order valence-electron chi connectivity index (χ2n) is 8.86. The van der Waals surface area contributed by atoms with Gasteiger partial charge in [0, 0.05) is 23.9 Å². The first-order valence-corrected chi connectivity index (χ1v) is 13.0. The summed E-state index contributed by atoms with van der Waals surface area (Å²) < 4.78 is 12.0. The minimum Gasteiger partial charge on any atom is -0.415 e. The number of aromatic nitrogens is 7. The fourth-order valence-electron chi connectivity index (χ4n) is 4.11. The maximum absolute atomic E-state index is 5.99. The van der Waals surface area contributed by atoms with Gasteiger partial charge in [0.05, 0.1) is 22.8 Å². The van der Waals surface area contributed by atoms with Crippen LogP contribution in [0.1, 0.15) is 38.2 Å². The van der Waals surface area contributed by atoms with E-state index in [1.54, 1.807) is 18.3 Å². The molecule has 1 aliphatic heterocycles. The first-order valence-electron chi connectivity index (χ1n) is 13.0. The van der Waals surface area contributed by atoms with Crippen molar-refractivity contribution in [2.75, 3.05) is 6.54 Å². The van der Waals surface area contributed by atoms with Crippen molar-refractivity contribution in [2.45, 2.75) is 20.8 Å². The van der Waals surface area contributed by atoms with Crippen molar-refractivity contribution in [3.05, 3.63) is 115 Å². The molecule has 6 heterocycles. The third-order valence-electron chi connectivity index (χ3n) is 6.17. The molecule has 0 fully saturated rings. The van der Waals surface area contributed by atoms with Gasteiger partial charge in [-0.15, -0.1) is 20.4 Å². The molecule has 1 aliphatic rings. The molecule has 0 aliphatic carbocycles. The van der Waals surface area contributed by atoms with Crippen LogP contribution < -0.4 is 0 Å². The van der Waals surface area contributed by atoms with Gasteiger partial charge >= 0.3 is 0 Å². The van der Waals surface area contributed by atoms with Crippen LogP contribution in [0.5, 0.6) is 0 Å². The first kappa shape index (κ1) is 27.9. The molecule has 0 N–H and O–H groups in total. The lowest BCUT2D eigenvalue weighted by Gasteiger charge is -2.06. The Labute approximate surface area is 243 Å². The van der Waals surface area contributed by atoms with Gasteiger partial charge in [0.1, 0.15) is 11.4 Å². The fourth-order valence-corrected chi connectivity index (χ4v) is 4.11. The Bertz CT molecular complexity index is 1830. The Morgan fingerprint density at radius 2 is 1.40 bits per heavy atom. The number of dihydropyridines is 1. The van der Waals surface area contributed by atoms with Crippen LogP contribution in [0, 0.1) is 0 Å². The van der Waals surface area contributed by atoms with E-state index < -0.39 is 0 Å². The zero-order valence-electron chi connectivity index (χ0n) is 22.2. The zero-order chi connectivity index (χ0) is 28.0. The van der Waals surface area contributed by atoms with Gasteiger partial charge in [0.15, 0.2) is 0 Å². The standard InChI is InChI=1S/C31H24N8O2.CH4/c1-3-20(28-36-38-30(40-28)26-15-9-13-24(34-26)22-11-5-7-17-32-22)19-21(4-2)29-37-39-31(41-29)27-16-10-14-25(35-27)23-12-6-8-18-33-23;/h3-6,8-16,18-19H,1,7,17H2,2H3;1H4/b20-19+,21-4+;. The highest BCUT2D eigenvalue weighted by atomic mass is 16.4. The summed E-state index contributed by atoms with van der Waals surface area (Å²) in [6, 6.07) is 16.8. The Kier molecular flexibility index (Phi) is 8.43. The van der Waals surface area contributed by atoms with Gasteiger partial charge in [0.25, 0.3) is 11.8 Å². The first-order chi connectivity index (χ1) is 20.2. The molecule has 0 aromatic carbocycles. The summed E-state index contributed by atoms with van der Waals surface area (Å²) in [7, 11) is 0. The topological polar surface area (TPSA) is 129 Å². The Morgan fingerprint density at radius 3 is 2.02 bits per heavy atom. The molecule has 0 saturated heterocycles. The number of aliphatic imine (C=N–C) groups is 1. The predicted octanol–water partition coefficient (Wildman–Crippen LogP) is 6.70. The van der Waals surface area contributed by atoms with Gasteiger partial charge in [-0.1, -0.05) is 50.4 Å². The monoisotopic (exact) mass is 556 g/mol. The lowest BCUT2D eigenvalue weighted by molar-refractivity contribution is 0.550. The lowest BCUT2D eigenvalue weighted by Crippen LogP contribution is -2.05. The Hall–Kier alpha value is -5.64. The highest BCUT2D eigenvalue weighted by Gasteiger charge is 2.17. The second kappa shape index (κ2) is 12.7. The molecule has 0 amide bonds. The minimum absolute atomic E-state index is 0. The van der Waals surface area contributed by atoms with E-state index in [0.717, 1.165) is 30.1 Å². The molecule has 10 heteroatoms. The zero-order valence-corrected chi connectivity index (χ0v) is 22.2. The molecule has 0 spiro atoms. The largest absolute Gasteiger partial charge is 0.415 e. The molecule has 10 nitrogen and oxygen atoms in total. The molecular weight excluding hydrogens is 528 g/mol. The summed E-state index contributed by atoms with van der Waals surface area (Å²) >= 11 is 0. The van der Waals surface area contributed by atoms with Crippen molar-refractivity contribution in [3.8, 4) is 34.6 Å². The molecule has 5 aromatic heterocycles. The predicted molar refractivity (Wildman–Crippen MR) is 162 cm³/mol. The van der Waals surface area contributed by atoms with E-state index in [4.69, 9.17) is 8.83 Å². The van der Waals surface area contributed by atoms with Gasteiger partial charge in [0.2, 0.25) is 11.8 Å². The van der Waals surface area contributed by atoms with Gasteiger partial charge in [-0.2, -0.15) is 0 Å². The van der Waals surface area contributed by atoms with Crippen molar-refractivity contribution in [3.63, 3.8) is 0 Å². The van der Waals surface area contributed by atoms with Crippen LogP contribution in [0.15, 0.2) is 112 Å². The molecule has 0 atom stereocenters. The van der Waals surface area contributed by atoms with Crippen LogP contribution in [0.2, 0.25) is 0 Å². The Balaban J connectivity index is 0.00000353. The maximum atomic E-state index is 5.99. The van der Waals surface area contributed by atoms with E-state index in [1.807, 2.05) is 73.7 Å². The molecule has 6 rings (SSSR count). The smallest absolute Gasteiger partial charge is 0.266 e. The molecule has 5 aromatic rings. The van der Waals surface area contributed by atoms with Crippen LogP contribution in [0.4, 0.5) is 0 Å². The lowest BCUT2D eigenvalue weighted by atomic mass is 10.1. The quantitative estimate of drug-likeness (QED) is 0.192. The molecule has 0 saturated carbocycles. The van der Waals surface area contributed by atoms with E-state index in [2.05, 4.69) is 53.0 Å². The average molecular weight is 557 g/mol. The summed E-state index contributed by atoms with van der Waals surface area (Å²) in [5.41, 5.74) is 5.38. The molecule has 42 heavy (non-hydrogen) atoms. The van der Waals surface area contributed by atoms with Crippen molar-refractivity contribution in [1.29, 1.82) is 0 Å². The van der Waals surface area contributed by atoms with Gasteiger partial charge in [-0.3, -0.25) is 9.98 Å². The number of hydrogen-bond donors (Lipinski definition) is 0.